The van der Waals surface area contributed by atoms with Crippen LogP contribution in [0.3, 0.4) is 0 Å². The lowest BCUT2D eigenvalue weighted by Crippen LogP contribution is -2.48. The van der Waals surface area contributed by atoms with Gasteiger partial charge in [0.15, 0.2) is 0 Å². The van der Waals surface area contributed by atoms with Crippen molar-refractivity contribution in [2.24, 2.45) is 0 Å². The highest BCUT2D eigenvalue weighted by Crippen LogP contribution is 2.26. The first-order chi connectivity index (χ1) is 15.4. The summed E-state index contributed by atoms with van der Waals surface area (Å²) in [4.78, 5) is 9.42. The average Bonchev–Trinajstić information content (AvgIpc) is 2.85. The molecule has 1 saturated heterocycles. The van der Waals surface area contributed by atoms with Crippen LogP contribution in [0.25, 0.3) is 0 Å². The maximum absolute atomic E-state index is 4.17. The van der Waals surface area contributed by atoms with E-state index in [1.54, 1.807) is 0 Å². The third kappa shape index (κ3) is 6.73. The van der Waals surface area contributed by atoms with Crippen molar-refractivity contribution in [2.75, 3.05) is 45.8 Å². The molecule has 1 fully saturated rings. The molecule has 0 radical (unpaired) electrons. The molecule has 0 spiro atoms. The summed E-state index contributed by atoms with van der Waals surface area (Å²) in [5.74, 6) is 0.436. The highest BCUT2D eigenvalue weighted by molar-refractivity contribution is 5.32. The van der Waals surface area contributed by atoms with Gasteiger partial charge < -0.3 is 10.2 Å². The minimum absolute atomic E-state index is 0.436. The summed E-state index contributed by atoms with van der Waals surface area (Å²) in [6.45, 7) is 8.86. The van der Waals surface area contributed by atoms with Gasteiger partial charge in [0.05, 0.1) is 0 Å². The van der Waals surface area contributed by atoms with E-state index in [9.17, 15) is 0 Å². The van der Waals surface area contributed by atoms with Crippen molar-refractivity contribution in [3.63, 3.8) is 0 Å². The maximum atomic E-state index is 4.17. The number of benzene rings is 2. The second-order valence-corrected chi connectivity index (χ2v) is 8.41. The van der Waals surface area contributed by atoms with E-state index in [0.29, 0.717) is 5.92 Å². The van der Waals surface area contributed by atoms with Crippen LogP contribution in [0.1, 0.15) is 29.0 Å². The van der Waals surface area contributed by atoms with E-state index >= 15 is 0 Å². The molecule has 4 heteroatoms. The van der Waals surface area contributed by atoms with Crippen LogP contribution >= 0.6 is 0 Å². The molecule has 0 saturated carbocycles. The Morgan fingerprint density at radius 1 is 0.774 bits per heavy atom. The van der Waals surface area contributed by atoms with Crippen LogP contribution < -0.4 is 5.32 Å². The number of hydrogen-bond acceptors (Lipinski definition) is 4. The van der Waals surface area contributed by atoms with Crippen molar-refractivity contribution in [1.82, 2.24) is 20.1 Å². The minimum atomic E-state index is 0.436. The topological polar surface area (TPSA) is 31.4 Å². The van der Waals surface area contributed by atoms with Gasteiger partial charge in [0.2, 0.25) is 0 Å². The van der Waals surface area contributed by atoms with Crippen molar-refractivity contribution in [3.05, 3.63) is 102 Å². The second-order valence-electron chi connectivity index (χ2n) is 8.41. The molecular weight excluding hydrogens is 380 g/mol. The first-order valence-electron chi connectivity index (χ1n) is 11.5. The van der Waals surface area contributed by atoms with Gasteiger partial charge in [0.25, 0.3) is 0 Å². The molecule has 3 aromatic rings. The van der Waals surface area contributed by atoms with Gasteiger partial charge in [0, 0.05) is 57.6 Å². The quantitative estimate of drug-likeness (QED) is 0.508. The predicted molar refractivity (Wildman–Crippen MR) is 128 cm³/mol. The van der Waals surface area contributed by atoms with Crippen LogP contribution in [0.4, 0.5) is 0 Å². The summed E-state index contributed by atoms with van der Waals surface area (Å²) in [6, 6.07) is 26.0. The van der Waals surface area contributed by atoms with Crippen molar-refractivity contribution in [1.29, 1.82) is 0 Å². The molecule has 2 heterocycles. The van der Waals surface area contributed by atoms with E-state index in [1.165, 1.54) is 42.7 Å². The zero-order chi connectivity index (χ0) is 21.1. The maximum Gasteiger partial charge on any atom is 0.0312 e. The zero-order valence-corrected chi connectivity index (χ0v) is 18.4. The summed E-state index contributed by atoms with van der Waals surface area (Å²) in [5.41, 5.74) is 4.08. The Labute approximate surface area is 186 Å². The fourth-order valence-electron chi connectivity index (χ4n) is 4.39. The number of pyridine rings is 1. The van der Waals surface area contributed by atoms with E-state index < -0.39 is 0 Å². The Balaban J connectivity index is 1.21. The monoisotopic (exact) mass is 414 g/mol. The summed E-state index contributed by atoms with van der Waals surface area (Å²) < 4.78 is 0. The average molecular weight is 415 g/mol. The molecule has 1 aromatic heterocycles. The molecule has 4 nitrogen and oxygen atoms in total. The molecule has 4 rings (SSSR count). The molecule has 1 aliphatic rings. The largest absolute Gasteiger partial charge is 0.313 e. The standard InChI is InChI=1S/C27H34N4/c1-3-10-25(11-4-1)27(26-12-5-2-6-13-26)23-31-19-17-30(18-20-31)16-8-15-29-22-24-9-7-14-28-21-24/h1-7,9-14,21,27,29H,8,15-20,22-23H2. The lowest BCUT2D eigenvalue weighted by atomic mass is 9.90. The van der Waals surface area contributed by atoms with Crippen LogP contribution in [0.15, 0.2) is 85.2 Å². The first-order valence-corrected chi connectivity index (χ1v) is 11.5. The Hall–Kier alpha value is -2.53. The highest BCUT2D eigenvalue weighted by atomic mass is 15.3. The molecule has 0 amide bonds. The fourth-order valence-corrected chi connectivity index (χ4v) is 4.39. The lowest BCUT2D eigenvalue weighted by molar-refractivity contribution is 0.128. The van der Waals surface area contributed by atoms with Crippen molar-refractivity contribution in [3.8, 4) is 0 Å². The van der Waals surface area contributed by atoms with Gasteiger partial charge in [-0.15, -0.1) is 0 Å². The molecule has 2 aromatic carbocycles. The zero-order valence-electron chi connectivity index (χ0n) is 18.4. The molecule has 1 aliphatic heterocycles. The van der Waals surface area contributed by atoms with Gasteiger partial charge in [-0.3, -0.25) is 9.88 Å². The van der Waals surface area contributed by atoms with Gasteiger partial charge in [-0.05, 0) is 42.3 Å². The molecular formula is C27H34N4. The van der Waals surface area contributed by atoms with Crippen LogP contribution in [-0.4, -0.2) is 60.6 Å². The van der Waals surface area contributed by atoms with Gasteiger partial charge in [-0.2, -0.15) is 0 Å². The Morgan fingerprint density at radius 3 is 2.03 bits per heavy atom. The molecule has 0 bridgehead atoms. The number of hydrogen-bond donors (Lipinski definition) is 1. The van der Waals surface area contributed by atoms with Gasteiger partial charge in [-0.25, -0.2) is 0 Å². The Kier molecular flexibility index (Phi) is 8.22. The third-order valence-electron chi connectivity index (χ3n) is 6.19. The van der Waals surface area contributed by atoms with E-state index in [4.69, 9.17) is 0 Å². The molecule has 162 valence electrons. The Morgan fingerprint density at radius 2 is 1.42 bits per heavy atom. The molecule has 0 atom stereocenters. The minimum Gasteiger partial charge on any atom is -0.313 e. The number of nitrogens with zero attached hydrogens (tertiary/aromatic N) is 3. The third-order valence-corrected chi connectivity index (χ3v) is 6.19. The van der Waals surface area contributed by atoms with E-state index in [0.717, 1.165) is 32.7 Å². The van der Waals surface area contributed by atoms with E-state index in [2.05, 4.69) is 86.8 Å². The number of piperazine rings is 1. The van der Waals surface area contributed by atoms with E-state index in [1.807, 2.05) is 18.5 Å². The summed E-state index contributed by atoms with van der Waals surface area (Å²) in [7, 11) is 0. The number of nitrogens with one attached hydrogen (secondary N) is 1. The Bertz CT molecular complexity index is 822. The normalized spacial score (nSPS) is 15.4. The number of aromatic nitrogens is 1. The van der Waals surface area contributed by atoms with Crippen molar-refractivity contribution < 1.29 is 0 Å². The van der Waals surface area contributed by atoms with Gasteiger partial charge in [0.1, 0.15) is 0 Å². The van der Waals surface area contributed by atoms with Crippen molar-refractivity contribution in [2.45, 2.75) is 18.9 Å². The van der Waals surface area contributed by atoms with Gasteiger partial charge >= 0.3 is 0 Å². The number of rotatable bonds is 10. The highest BCUT2D eigenvalue weighted by Gasteiger charge is 2.22. The second kappa shape index (κ2) is 11.8. The molecule has 31 heavy (non-hydrogen) atoms. The van der Waals surface area contributed by atoms with Crippen LogP contribution in [0, 0.1) is 0 Å². The molecule has 1 N–H and O–H groups in total. The fraction of sp³-hybridized carbons (Fsp3) is 0.370. The summed E-state index contributed by atoms with van der Waals surface area (Å²) >= 11 is 0. The molecule has 0 unspecified atom stereocenters. The smallest absolute Gasteiger partial charge is 0.0312 e. The van der Waals surface area contributed by atoms with Crippen LogP contribution in [-0.2, 0) is 6.54 Å². The first kappa shape index (κ1) is 21.7. The lowest BCUT2D eigenvalue weighted by Gasteiger charge is -2.36. The van der Waals surface area contributed by atoms with Crippen molar-refractivity contribution >= 4 is 0 Å². The van der Waals surface area contributed by atoms with Gasteiger partial charge in [-0.1, -0.05) is 66.7 Å². The van der Waals surface area contributed by atoms with Crippen LogP contribution in [0.2, 0.25) is 0 Å². The van der Waals surface area contributed by atoms with E-state index in [-0.39, 0.29) is 0 Å². The molecule has 0 aliphatic carbocycles. The predicted octanol–water partition coefficient (Wildman–Crippen LogP) is 4.01. The SMILES string of the molecule is c1ccc(C(CN2CCN(CCCNCc3cccnc3)CC2)c2ccccc2)cc1. The summed E-state index contributed by atoms with van der Waals surface area (Å²) in [5, 5.41) is 3.54. The van der Waals surface area contributed by atoms with Crippen LogP contribution in [0.5, 0.6) is 0 Å². The summed E-state index contributed by atoms with van der Waals surface area (Å²) in [6.07, 6.45) is 4.95.